The molecule has 2 fully saturated rings. The van der Waals surface area contributed by atoms with Gasteiger partial charge in [-0.1, -0.05) is 37.3 Å². The summed E-state index contributed by atoms with van der Waals surface area (Å²) >= 11 is 0. The molecule has 0 saturated carbocycles. The molecule has 30 heavy (non-hydrogen) atoms. The highest BCUT2D eigenvalue weighted by atomic mass is 16.8. The standard InChI is InChI=1S/C18H20N2O10/c1-2-18(8-6-4-3-5-7-8)15(26)19-17(28)20(16(18)27)30-14-11(23)9(21)10(22)12(29-14)13(24)25/h3-7,9-12,14,21-23H,2H2,1H3,(H,24,25)(H,19,26,28)/t9-,10-,11+,12-,14-,18?/m0/s1. The number of carbonyl (C=O) groups is 4. The van der Waals surface area contributed by atoms with Crippen molar-refractivity contribution in [2.45, 2.75) is 49.5 Å². The summed E-state index contributed by atoms with van der Waals surface area (Å²) in [6, 6.07) is 6.61. The lowest BCUT2D eigenvalue weighted by molar-refractivity contribution is -0.337. The second-order valence-electron chi connectivity index (χ2n) is 6.82. The molecule has 2 heterocycles. The molecular weight excluding hydrogens is 404 g/mol. The molecule has 6 atom stereocenters. The Morgan fingerprint density at radius 3 is 2.33 bits per heavy atom. The first kappa shape index (κ1) is 21.8. The van der Waals surface area contributed by atoms with Crippen LogP contribution in [0.3, 0.4) is 0 Å². The number of nitrogens with one attached hydrogen (secondary N) is 1. The number of carbonyl (C=O) groups excluding carboxylic acids is 3. The van der Waals surface area contributed by atoms with Crippen LogP contribution >= 0.6 is 0 Å². The Morgan fingerprint density at radius 1 is 1.13 bits per heavy atom. The minimum Gasteiger partial charge on any atom is -0.479 e. The van der Waals surface area contributed by atoms with Gasteiger partial charge in [-0.3, -0.25) is 14.9 Å². The number of amides is 4. The topological polar surface area (TPSA) is 183 Å². The van der Waals surface area contributed by atoms with E-state index in [4.69, 9.17) is 14.7 Å². The van der Waals surface area contributed by atoms with Gasteiger partial charge in [0.15, 0.2) is 11.5 Å². The highest BCUT2D eigenvalue weighted by Gasteiger charge is 2.57. The first-order valence-corrected chi connectivity index (χ1v) is 8.99. The Hall–Kier alpha value is -2.90. The van der Waals surface area contributed by atoms with Crippen LogP contribution in [-0.4, -0.2) is 80.0 Å². The summed E-state index contributed by atoms with van der Waals surface area (Å²) in [6.45, 7) is 1.55. The van der Waals surface area contributed by atoms with Crippen molar-refractivity contribution in [2.75, 3.05) is 0 Å². The monoisotopic (exact) mass is 424 g/mol. The highest BCUT2D eigenvalue weighted by molar-refractivity contribution is 6.22. The number of rotatable bonds is 5. The molecule has 162 valence electrons. The van der Waals surface area contributed by atoms with E-state index in [-0.39, 0.29) is 17.0 Å². The molecule has 4 amide bonds. The molecule has 0 radical (unpaired) electrons. The number of hydrogen-bond donors (Lipinski definition) is 5. The van der Waals surface area contributed by atoms with E-state index >= 15 is 0 Å². The molecule has 0 aliphatic carbocycles. The van der Waals surface area contributed by atoms with Crippen LogP contribution in [0.15, 0.2) is 30.3 Å². The summed E-state index contributed by atoms with van der Waals surface area (Å²) in [5, 5.41) is 40.9. The first-order chi connectivity index (χ1) is 14.1. The summed E-state index contributed by atoms with van der Waals surface area (Å²) in [5.41, 5.74) is -1.56. The van der Waals surface area contributed by atoms with Gasteiger partial charge >= 0.3 is 12.0 Å². The summed E-state index contributed by atoms with van der Waals surface area (Å²) in [7, 11) is 0. The van der Waals surface area contributed by atoms with Gasteiger partial charge in [-0.15, -0.1) is 5.06 Å². The normalized spacial score (nSPS) is 34.6. The molecule has 1 unspecified atom stereocenters. The number of urea groups is 1. The van der Waals surface area contributed by atoms with E-state index in [9.17, 15) is 34.5 Å². The van der Waals surface area contributed by atoms with Crippen molar-refractivity contribution in [1.82, 2.24) is 10.4 Å². The summed E-state index contributed by atoms with van der Waals surface area (Å²) in [4.78, 5) is 54.4. The van der Waals surface area contributed by atoms with E-state index < -0.39 is 59.9 Å². The van der Waals surface area contributed by atoms with Crippen LogP contribution in [0.5, 0.6) is 0 Å². The van der Waals surface area contributed by atoms with Crippen LogP contribution in [0.1, 0.15) is 18.9 Å². The van der Waals surface area contributed by atoms with Gasteiger partial charge in [0, 0.05) is 0 Å². The fourth-order valence-corrected chi connectivity index (χ4v) is 3.45. The molecule has 5 N–H and O–H groups in total. The van der Waals surface area contributed by atoms with Crippen molar-refractivity contribution >= 4 is 23.8 Å². The van der Waals surface area contributed by atoms with E-state index in [2.05, 4.69) is 0 Å². The quantitative estimate of drug-likeness (QED) is 0.339. The third-order valence-corrected chi connectivity index (χ3v) is 5.16. The second kappa shape index (κ2) is 8.08. The number of nitrogens with zero attached hydrogens (tertiary/aromatic N) is 1. The van der Waals surface area contributed by atoms with E-state index in [0.29, 0.717) is 0 Å². The number of ether oxygens (including phenoxy) is 1. The lowest BCUT2D eigenvalue weighted by Gasteiger charge is -2.42. The number of carboxylic acid groups (broad SMARTS) is 1. The number of benzene rings is 1. The number of carboxylic acids is 1. The molecule has 2 aliphatic heterocycles. The van der Waals surface area contributed by atoms with Crippen molar-refractivity contribution in [3.8, 4) is 0 Å². The Labute approximate surface area is 169 Å². The van der Waals surface area contributed by atoms with Gasteiger partial charge in [0.05, 0.1) is 0 Å². The van der Waals surface area contributed by atoms with Crippen LogP contribution in [0.25, 0.3) is 0 Å². The molecule has 1 aromatic rings. The maximum absolute atomic E-state index is 13.2. The third-order valence-electron chi connectivity index (χ3n) is 5.16. The van der Waals surface area contributed by atoms with Gasteiger partial charge < -0.3 is 25.2 Å². The SMILES string of the molecule is CCC1(c2ccccc2)C(=O)NC(=O)N(O[C@@H]2O[C@H](C(=O)O)[C@@H](O)[C@H](O)[C@H]2O)C1=O. The Morgan fingerprint density at radius 2 is 1.77 bits per heavy atom. The van der Waals surface area contributed by atoms with Crippen LogP contribution < -0.4 is 5.32 Å². The van der Waals surface area contributed by atoms with Gasteiger partial charge in [0.1, 0.15) is 18.3 Å². The van der Waals surface area contributed by atoms with Gasteiger partial charge in [0.25, 0.3) is 5.91 Å². The van der Waals surface area contributed by atoms with Crippen molar-refractivity contribution in [1.29, 1.82) is 0 Å². The van der Waals surface area contributed by atoms with Crippen molar-refractivity contribution in [3.05, 3.63) is 35.9 Å². The first-order valence-electron chi connectivity index (χ1n) is 8.99. The molecule has 3 rings (SSSR count). The summed E-state index contributed by atoms with van der Waals surface area (Å²) in [6.07, 6.45) is -10.0. The second-order valence-corrected chi connectivity index (χ2v) is 6.82. The highest BCUT2D eigenvalue weighted by Crippen LogP contribution is 2.34. The van der Waals surface area contributed by atoms with E-state index in [1.165, 1.54) is 12.1 Å². The largest absolute Gasteiger partial charge is 0.479 e. The third kappa shape index (κ3) is 3.34. The number of imide groups is 2. The predicted molar refractivity (Wildman–Crippen MR) is 94.2 cm³/mol. The van der Waals surface area contributed by atoms with E-state index in [1.807, 2.05) is 5.32 Å². The smallest absolute Gasteiger partial charge is 0.355 e. The van der Waals surface area contributed by atoms with Gasteiger partial charge in [0.2, 0.25) is 12.2 Å². The van der Waals surface area contributed by atoms with Crippen LogP contribution in [0.2, 0.25) is 0 Å². The zero-order chi connectivity index (χ0) is 22.2. The lowest BCUT2D eigenvalue weighted by Crippen LogP contribution is -2.68. The average Bonchev–Trinajstić information content (AvgIpc) is 2.72. The van der Waals surface area contributed by atoms with Gasteiger partial charge in [-0.05, 0) is 12.0 Å². The lowest BCUT2D eigenvalue weighted by atomic mass is 9.75. The number of barbiturate groups is 1. The molecule has 0 bridgehead atoms. The van der Waals surface area contributed by atoms with Gasteiger partial charge in [-0.2, -0.15) is 0 Å². The zero-order valence-corrected chi connectivity index (χ0v) is 15.7. The molecular formula is C18H20N2O10. The minimum absolute atomic E-state index is 0.0536. The van der Waals surface area contributed by atoms with Crippen LogP contribution in [0.4, 0.5) is 4.79 Å². The van der Waals surface area contributed by atoms with E-state index in [1.54, 1.807) is 25.1 Å². The Balaban J connectivity index is 1.93. The number of hydroxylamine groups is 2. The number of aliphatic carboxylic acids is 1. The van der Waals surface area contributed by atoms with Crippen molar-refractivity contribution in [2.24, 2.45) is 0 Å². The molecule has 2 aliphatic rings. The fourth-order valence-electron chi connectivity index (χ4n) is 3.45. The summed E-state index contributed by atoms with van der Waals surface area (Å²) in [5.74, 6) is -3.64. The minimum atomic E-state index is -2.00. The average molecular weight is 424 g/mol. The molecule has 0 aromatic heterocycles. The Kier molecular flexibility index (Phi) is 5.87. The molecule has 2 saturated heterocycles. The Bertz CT molecular complexity index is 862. The molecule has 1 aromatic carbocycles. The number of aliphatic hydroxyl groups excluding tert-OH is 3. The van der Waals surface area contributed by atoms with Crippen molar-refractivity contribution in [3.63, 3.8) is 0 Å². The molecule has 12 nitrogen and oxygen atoms in total. The van der Waals surface area contributed by atoms with Crippen molar-refractivity contribution < 1.29 is 49.2 Å². The maximum atomic E-state index is 13.2. The molecule has 12 heteroatoms. The number of hydrogen-bond acceptors (Lipinski definition) is 9. The predicted octanol–water partition coefficient (Wildman–Crippen LogP) is -1.76. The van der Waals surface area contributed by atoms with E-state index in [0.717, 1.165) is 0 Å². The summed E-state index contributed by atoms with van der Waals surface area (Å²) < 4.78 is 4.94. The van der Waals surface area contributed by atoms with Crippen LogP contribution in [-0.2, 0) is 29.4 Å². The fraction of sp³-hybridized carbons (Fsp3) is 0.444. The maximum Gasteiger partial charge on any atom is 0.355 e. The number of aliphatic hydroxyl groups is 3. The van der Waals surface area contributed by atoms with Gasteiger partial charge in [-0.25, -0.2) is 14.4 Å². The zero-order valence-electron chi connectivity index (χ0n) is 15.7. The van der Waals surface area contributed by atoms with Crippen LogP contribution in [0, 0.1) is 0 Å². The molecule has 0 spiro atoms.